The van der Waals surface area contributed by atoms with Gasteiger partial charge in [-0.25, -0.2) is 4.63 Å². The molecule has 1 saturated carbocycles. The van der Waals surface area contributed by atoms with Crippen molar-refractivity contribution in [3.8, 4) is 0 Å². The van der Waals surface area contributed by atoms with Crippen LogP contribution in [0.5, 0.6) is 0 Å². The maximum atomic E-state index is 5.80. The molecule has 3 N–H and O–H groups in total. The molecule has 0 bridgehead atoms. The van der Waals surface area contributed by atoms with Gasteiger partial charge in [0.05, 0.1) is 11.4 Å². The quantitative estimate of drug-likeness (QED) is 0.775. The van der Waals surface area contributed by atoms with Crippen LogP contribution in [-0.4, -0.2) is 41.4 Å². The lowest BCUT2D eigenvalue weighted by molar-refractivity contribution is 0.315. The summed E-state index contributed by atoms with van der Waals surface area (Å²) in [5.74, 6) is 0. The molecule has 1 aliphatic carbocycles. The van der Waals surface area contributed by atoms with Gasteiger partial charge in [0, 0.05) is 19.1 Å². The zero-order valence-corrected chi connectivity index (χ0v) is 10.4. The molecule has 0 radical (unpaired) electrons. The van der Waals surface area contributed by atoms with Crippen LogP contribution in [0, 0.1) is 0 Å². The Bertz CT molecular complexity index is 548. The summed E-state index contributed by atoms with van der Waals surface area (Å²) in [7, 11) is 2.16. The van der Waals surface area contributed by atoms with Crippen LogP contribution in [0.2, 0.25) is 0 Å². The average Bonchev–Trinajstić information content (AvgIpc) is 3.09. The molecule has 6 heteroatoms. The van der Waals surface area contributed by atoms with Gasteiger partial charge in [-0.3, -0.25) is 0 Å². The van der Waals surface area contributed by atoms with Crippen molar-refractivity contribution in [3.05, 3.63) is 12.1 Å². The van der Waals surface area contributed by atoms with Crippen molar-refractivity contribution in [1.82, 2.24) is 15.2 Å². The molecule has 0 amide bonds. The van der Waals surface area contributed by atoms with Gasteiger partial charge in [-0.15, -0.1) is 0 Å². The number of anilines is 2. The second-order valence-electron chi connectivity index (χ2n) is 4.80. The predicted octanol–water partition coefficient (Wildman–Crippen LogP) is 1.31. The zero-order chi connectivity index (χ0) is 12.5. The molecule has 0 atom stereocenters. The van der Waals surface area contributed by atoms with Crippen molar-refractivity contribution in [3.63, 3.8) is 0 Å². The minimum Gasteiger partial charge on any atom is -0.397 e. The van der Waals surface area contributed by atoms with Crippen molar-refractivity contribution >= 4 is 22.4 Å². The maximum absolute atomic E-state index is 5.80. The van der Waals surface area contributed by atoms with E-state index >= 15 is 0 Å². The smallest absolute Gasteiger partial charge is 0.160 e. The topological polar surface area (TPSA) is 80.2 Å². The fourth-order valence-corrected chi connectivity index (χ4v) is 2.09. The van der Waals surface area contributed by atoms with E-state index < -0.39 is 0 Å². The van der Waals surface area contributed by atoms with E-state index in [-0.39, 0.29) is 0 Å². The average molecular weight is 247 g/mol. The molecule has 1 fully saturated rings. The van der Waals surface area contributed by atoms with Crippen molar-refractivity contribution in [2.45, 2.75) is 18.9 Å². The van der Waals surface area contributed by atoms with Gasteiger partial charge in [-0.2, -0.15) is 0 Å². The predicted molar refractivity (Wildman–Crippen MR) is 70.4 cm³/mol. The van der Waals surface area contributed by atoms with E-state index in [1.807, 2.05) is 12.1 Å². The van der Waals surface area contributed by atoms with Crippen LogP contribution in [0.15, 0.2) is 16.8 Å². The summed E-state index contributed by atoms with van der Waals surface area (Å²) >= 11 is 0. The molecular formula is C12H17N5O. The lowest BCUT2D eigenvalue weighted by atomic mass is 10.2. The third-order valence-electron chi connectivity index (χ3n) is 3.40. The summed E-state index contributed by atoms with van der Waals surface area (Å²) in [6.45, 7) is 1.89. The van der Waals surface area contributed by atoms with Crippen LogP contribution in [0.3, 0.4) is 0 Å². The molecule has 2 aromatic rings. The largest absolute Gasteiger partial charge is 0.397 e. The number of nitrogen functional groups attached to an aromatic ring is 1. The standard InChI is InChI=1S/C12H17N5O/c1-17(8-2-3-8)7-6-14-10-5-4-9(13)11-12(10)16-18-15-11/h4-5,8,14H,2-3,6-7,13H2,1H3. The van der Waals surface area contributed by atoms with Crippen molar-refractivity contribution in [2.24, 2.45) is 0 Å². The maximum Gasteiger partial charge on any atom is 0.160 e. The number of nitrogens with zero attached hydrogens (tertiary/aromatic N) is 3. The number of likely N-dealkylation sites (N-methyl/N-ethyl adjacent to an activating group) is 1. The Morgan fingerprint density at radius 3 is 2.94 bits per heavy atom. The van der Waals surface area contributed by atoms with Crippen LogP contribution in [0.25, 0.3) is 11.0 Å². The van der Waals surface area contributed by atoms with E-state index in [1.54, 1.807) is 0 Å². The van der Waals surface area contributed by atoms with Crippen LogP contribution in [-0.2, 0) is 0 Å². The first kappa shape index (κ1) is 11.3. The third kappa shape index (κ3) is 2.11. The Labute approximate surface area is 105 Å². The molecule has 0 unspecified atom stereocenters. The summed E-state index contributed by atoms with van der Waals surface area (Å²) in [5, 5.41) is 11.0. The fraction of sp³-hybridized carbons (Fsp3) is 0.500. The molecule has 1 aromatic heterocycles. The molecule has 96 valence electrons. The molecule has 1 aliphatic rings. The van der Waals surface area contributed by atoms with Gasteiger partial charge in [-0.1, -0.05) is 0 Å². The lowest BCUT2D eigenvalue weighted by Crippen LogP contribution is -2.27. The van der Waals surface area contributed by atoms with E-state index in [0.717, 1.165) is 24.8 Å². The van der Waals surface area contributed by atoms with Crippen LogP contribution >= 0.6 is 0 Å². The summed E-state index contributed by atoms with van der Waals surface area (Å²) in [5.41, 5.74) is 8.63. The lowest BCUT2D eigenvalue weighted by Gasteiger charge is -2.16. The number of rotatable bonds is 5. The number of fused-ring (bicyclic) bond motifs is 1. The Morgan fingerprint density at radius 1 is 1.39 bits per heavy atom. The monoisotopic (exact) mass is 247 g/mol. The zero-order valence-electron chi connectivity index (χ0n) is 10.4. The molecule has 1 heterocycles. The second-order valence-corrected chi connectivity index (χ2v) is 4.80. The van der Waals surface area contributed by atoms with E-state index in [0.29, 0.717) is 16.7 Å². The molecule has 18 heavy (non-hydrogen) atoms. The molecule has 3 rings (SSSR count). The summed E-state index contributed by atoms with van der Waals surface area (Å²) < 4.78 is 4.73. The first-order valence-corrected chi connectivity index (χ1v) is 6.20. The van der Waals surface area contributed by atoms with Gasteiger partial charge in [0.25, 0.3) is 0 Å². The molecular weight excluding hydrogens is 230 g/mol. The molecule has 0 saturated heterocycles. The Hall–Kier alpha value is -1.82. The van der Waals surface area contributed by atoms with Gasteiger partial charge in [-0.05, 0) is 42.3 Å². The third-order valence-corrected chi connectivity index (χ3v) is 3.40. The van der Waals surface area contributed by atoms with Gasteiger partial charge in [0.2, 0.25) is 0 Å². The van der Waals surface area contributed by atoms with Gasteiger partial charge >= 0.3 is 0 Å². The number of nitrogens with two attached hydrogens (primary N) is 1. The Balaban J connectivity index is 1.67. The highest BCUT2D eigenvalue weighted by atomic mass is 16.6. The van der Waals surface area contributed by atoms with Gasteiger partial charge < -0.3 is 16.0 Å². The normalized spacial score (nSPS) is 15.4. The minimum absolute atomic E-state index is 0.590. The van der Waals surface area contributed by atoms with Crippen LogP contribution in [0.1, 0.15) is 12.8 Å². The number of hydrogen-bond acceptors (Lipinski definition) is 6. The van der Waals surface area contributed by atoms with Gasteiger partial charge in [0.15, 0.2) is 11.0 Å². The molecule has 0 spiro atoms. The second kappa shape index (κ2) is 4.45. The molecule has 6 nitrogen and oxygen atoms in total. The van der Waals surface area contributed by atoms with Crippen molar-refractivity contribution < 1.29 is 4.63 Å². The number of hydrogen-bond donors (Lipinski definition) is 2. The minimum atomic E-state index is 0.590. The Morgan fingerprint density at radius 2 is 2.17 bits per heavy atom. The number of nitrogens with one attached hydrogen (secondary N) is 1. The van der Waals surface area contributed by atoms with Crippen molar-refractivity contribution in [2.75, 3.05) is 31.2 Å². The highest BCUT2D eigenvalue weighted by Gasteiger charge is 2.25. The van der Waals surface area contributed by atoms with Gasteiger partial charge in [0.1, 0.15) is 0 Å². The first-order chi connectivity index (χ1) is 8.75. The van der Waals surface area contributed by atoms with E-state index in [9.17, 15) is 0 Å². The van der Waals surface area contributed by atoms with Crippen LogP contribution in [0.4, 0.5) is 11.4 Å². The Kier molecular flexibility index (Phi) is 2.79. The summed E-state index contributed by atoms with van der Waals surface area (Å²) in [6, 6.07) is 4.52. The highest BCUT2D eigenvalue weighted by molar-refractivity contribution is 5.94. The number of aromatic nitrogens is 2. The summed E-state index contributed by atoms with van der Waals surface area (Å²) in [4.78, 5) is 2.38. The van der Waals surface area contributed by atoms with E-state index in [2.05, 4.69) is 27.6 Å². The van der Waals surface area contributed by atoms with Crippen molar-refractivity contribution in [1.29, 1.82) is 0 Å². The fourth-order valence-electron chi connectivity index (χ4n) is 2.09. The summed E-state index contributed by atoms with van der Waals surface area (Å²) in [6.07, 6.45) is 2.66. The SMILES string of the molecule is CN(CCNc1ccc(N)c2nonc12)C1CC1. The molecule has 1 aromatic carbocycles. The highest BCUT2D eigenvalue weighted by Crippen LogP contribution is 2.26. The van der Waals surface area contributed by atoms with E-state index in [1.165, 1.54) is 12.8 Å². The van der Waals surface area contributed by atoms with E-state index in [4.69, 9.17) is 10.4 Å². The first-order valence-electron chi connectivity index (χ1n) is 6.20. The molecule has 0 aliphatic heterocycles. The number of benzene rings is 1. The van der Waals surface area contributed by atoms with Crippen LogP contribution < -0.4 is 11.1 Å².